The second kappa shape index (κ2) is 6.86. The number of carboxylic acid groups (broad SMARTS) is 1. The van der Waals surface area contributed by atoms with Crippen molar-refractivity contribution in [2.75, 3.05) is 0 Å². The number of aryl methyl sites for hydroxylation is 1. The van der Waals surface area contributed by atoms with Crippen LogP contribution in [-0.2, 0) is 6.42 Å². The lowest BCUT2D eigenvalue weighted by Crippen LogP contribution is -2.10. The van der Waals surface area contributed by atoms with Crippen molar-refractivity contribution in [2.45, 2.75) is 29.9 Å². The molecule has 0 radical (unpaired) electrons. The van der Waals surface area contributed by atoms with E-state index in [1.807, 2.05) is 6.92 Å². The molecule has 0 amide bonds. The molecule has 2 heterocycles. The summed E-state index contributed by atoms with van der Waals surface area (Å²) in [6.07, 6.45) is 3.07. The van der Waals surface area contributed by atoms with Crippen LogP contribution in [0.25, 0.3) is 0 Å². The molecule has 0 aromatic carbocycles. The van der Waals surface area contributed by atoms with E-state index >= 15 is 0 Å². The highest BCUT2D eigenvalue weighted by molar-refractivity contribution is 9.10. The van der Waals surface area contributed by atoms with Crippen LogP contribution in [0, 0.1) is 0 Å². The lowest BCUT2D eigenvalue weighted by molar-refractivity contribution is 0.0692. The van der Waals surface area contributed by atoms with Crippen molar-refractivity contribution in [1.29, 1.82) is 0 Å². The van der Waals surface area contributed by atoms with Gasteiger partial charge in [-0.3, -0.25) is 4.79 Å². The van der Waals surface area contributed by atoms with Crippen LogP contribution in [0.1, 0.15) is 29.4 Å². The molecule has 2 rings (SSSR count). The van der Waals surface area contributed by atoms with Gasteiger partial charge >= 0.3 is 5.97 Å². The quantitative estimate of drug-likeness (QED) is 0.786. The highest BCUT2D eigenvalue weighted by atomic mass is 79.9. The second-order valence-electron chi connectivity index (χ2n) is 4.21. The summed E-state index contributed by atoms with van der Waals surface area (Å²) in [4.78, 5) is 33.8. The Bertz CT molecular complexity index is 733. The van der Waals surface area contributed by atoms with Gasteiger partial charge in [0.15, 0.2) is 5.16 Å². The smallest absolute Gasteiger partial charge is 0.338 e. The highest BCUT2D eigenvalue weighted by Crippen LogP contribution is 2.27. The van der Waals surface area contributed by atoms with Crippen LogP contribution in [-0.4, -0.2) is 26.0 Å². The minimum atomic E-state index is -1.08. The van der Waals surface area contributed by atoms with Crippen molar-refractivity contribution < 1.29 is 9.90 Å². The summed E-state index contributed by atoms with van der Waals surface area (Å²) >= 11 is 4.21. The van der Waals surface area contributed by atoms with E-state index in [0.29, 0.717) is 21.7 Å². The Kier molecular flexibility index (Phi) is 5.13. The third-order valence-electron chi connectivity index (χ3n) is 2.52. The molecule has 0 bridgehead atoms. The lowest BCUT2D eigenvalue weighted by atomic mass is 10.2. The number of pyridine rings is 1. The van der Waals surface area contributed by atoms with Crippen molar-refractivity contribution in [2.24, 2.45) is 0 Å². The van der Waals surface area contributed by atoms with E-state index < -0.39 is 5.97 Å². The maximum atomic E-state index is 11.6. The molecule has 0 aliphatic rings. The zero-order valence-electron chi connectivity index (χ0n) is 11.1. The van der Waals surface area contributed by atoms with Crippen LogP contribution in [0.5, 0.6) is 0 Å². The minimum Gasteiger partial charge on any atom is -0.478 e. The lowest BCUT2D eigenvalue weighted by Gasteiger charge is -2.06. The Morgan fingerprint density at radius 2 is 2.24 bits per heavy atom. The fourth-order valence-electron chi connectivity index (χ4n) is 1.67. The summed E-state index contributed by atoms with van der Waals surface area (Å²) < 4.78 is 0.574. The van der Waals surface area contributed by atoms with Gasteiger partial charge in [0.05, 0.1) is 5.56 Å². The first-order valence-corrected chi connectivity index (χ1v) is 7.77. The molecule has 6 nitrogen and oxygen atoms in total. The van der Waals surface area contributed by atoms with Crippen molar-refractivity contribution in [3.05, 3.63) is 44.4 Å². The maximum absolute atomic E-state index is 11.6. The average molecular weight is 370 g/mol. The van der Waals surface area contributed by atoms with Gasteiger partial charge < -0.3 is 10.1 Å². The molecule has 2 aromatic heterocycles. The van der Waals surface area contributed by atoms with Crippen LogP contribution in [0.15, 0.2) is 37.8 Å². The van der Waals surface area contributed by atoms with Crippen LogP contribution in [0.4, 0.5) is 0 Å². The number of aromatic carboxylic acids is 1. The molecular weight excluding hydrogens is 358 g/mol. The van der Waals surface area contributed by atoms with E-state index in [0.717, 1.165) is 18.2 Å². The summed E-state index contributed by atoms with van der Waals surface area (Å²) in [6.45, 7) is 1.99. The van der Waals surface area contributed by atoms with E-state index in [2.05, 4.69) is 30.9 Å². The number of hydrogen-bond donors (Lipinski definition) is 2. The number of carbonyl (C=O) groups is 1. The van der Waals surface area contributed by atoms with Gasteiger partial charge in [-0.05, 0) is 40.2 Å². The molecule has 8 heteroatoms. The number of halogens is 1. The Morgan fingerprint density at radius 3 is 2.90 bits per heavy atom. The molecule has 0 atom stereocenters. The third kappa shape index (κ3) is 4.15. The minimum absolute atomic E-state index is 0.0536. The fraction of sp³-hybridized carbons (Fsp3) is 0.231. The normalized spacial score (nSPS) is 10.6. The van der Waals surface area contributed by atoms with E-state index in [1.54, 1.807) is 0 Å². The summed E-state index contributed by atoms with van der Waals surface area (Å²) in [7, 11) is 0. The average Bonchev–Trinajstić information content (AvgIpc) is 2.40. The number of hydrogen-bond acceptors (Lipinski definition) is 5. The van der Waals surface area contributed by atoms with E-state index in [1.165, 1.54) is 18.3 Å². The standard InChI is InChI=1S/C13H12BrN3O3S/c1-2-3-8-5-10(18)17-13(16-8)21-11-9(12(19)20)4-7(14)6-15-11/h4-6H,2-3H2,1H3,(H,19,20)(H,16,17,18). The predicted molar refractivity (Wildman–Crippen MR) is 81.9 cm³/mol. The second-order valence-corrected chi connectivity index (χ2v) is 6.10. The maximum Gasteiger partial charge on any atom is 0.338 e. The largest absolute Gasteiger partial charge is 0.478 e. The van der Waals surface area contributed by atoms with Crippen molar-refractivity contribution in [3.63, 3.8) is 0 Å². The molecule has 0 spiro atoms. The molecule has 110 valence electrons. The number of nitrogens with zero attached hydrogens (tertiary/aromatic N) is 2. The molecule has 2 N–H and O–H groups in total. The van der Waals surface area contributed by atoms with Crippen LogP contribution >= 0.6 is 27.7 Å². The molecule has 0 unspecified atom stereocenters. The number of nitrogens with one attached hydrogen (secondary N) is 1. The summed E-state index contributed by atoms with van der Waals surface area (Å²) in [5.41, 5.74) is 0.473. The highest BCUT2D eigenvalue weighted by Gasteiger charge is 2.15. The van der Waals surface area contributed by atoms with Crippen LogP contribution in [0.3, 0.4) is 0 Å². The van der Waals surface area contributed by atoms with Crippen LogP contribution in [0.2, 0.25) is 0 Å². The first-order valence-electron chi connectivity index (χ1n) is 6.16. The van der Waals surface area contributed by atoms with E-state index in [4.69, 9.17) is 0 Å². The molecule has 0 saturated heterocycles. The molecule has 0 fully saturated rings. The van der Waals surface area contributed by atoms with Gasteiger partial charge in [-0.1, -0.05) is 13.3 Å². The van der Waals surface area contributed by atoms with Gasteiger partial charge in [-0.15, -0.1) is 0 Å². The van der Waals surface area contributed by atoms with E-state index in [-0.39, 0.29) is 16.1 Å². The number of aromatic amines is 1. The van der Waals surface area contributed by atoms with Gasteiger partial charge in [-0.25, -0.2) is 14.8 Å². The van der Waals surface area contributed by atoms with Gasteiger partial charge in [0.25, 0.3) is 5.56 Å². The molecule has 0 aliphatic carbocycles. The Labute approximate surface area is 133 Å². The Hall–Kier alpha value is -1.67. The van der Waals surface area contributed by atoms with Gasteiger partial charge in [0.1, 0.15) is 5.03 Å². The monoisotopic (exact) mass is 369 g/mol. The summed E-state index contributed by atoms with van der Waals surface area (Å²) in [5.74, 6) is -1.08. The number of rotatable bonds is 5. The first kappa shape index (κ1) is 15.7. The third-order valence-corrected chi connectivity index (χ3v) is 3.86. The molecule has 0 aliphatic heterocycles. The predicted octanol–water partition coefficient (Wildman–Crippen LogP) is 2.73. The van der Waals surface area contributed by atoms with Crippen molar-refractivity contribution >= 4 is 33.7 Å². The summed E-state index contributed by atoms with van der Waals surface area (Å²) in [6, 6.07) is 2.91. The molecule has 0 saturated carbocycles. The van der Waals surface area contributed by atoms with Gasteiger partial charge in [-0.2, -0.15) is 0 Å². The van der Waals surface area contributed by atoms with Crippen molar-refractivity contribution in [1.82, 2.24) is 15.0 Å². The number of H-pyrrole nitrogens is 1. The van der Waals surface area contributed by atoms with Gasteiger partial charge in [0.2, 0.25) is 0 Å². The Balaban J connectivity index is 2.38. The topological polar surface area (TPSA) is 95.9 Å². The zero-order valence-corrected chi connectivity index (χ0v) is 13.5. The van der Waals surface area contributed by atoms with E-state index in [9.17, 15) is 14.7 Å². The molecule has 21 heavy (non-hydrogen) atoms. The molecular formula is C13H12BrN3O3S. The number of carboxylic acids is 1. The van der Waals surface area contributed by atoms with Crippen molar-refractivity contribution in [3.8, 4) is 0 Å². The first-order chi connectivity index (χ1) is 9.99. The summed E-state index contributed by atoms with van der Waals surface area (Å²) in [5, 5.41) is 9.81. The number of aromatic nitrogens is 3. The Morgan fingerprint density at radius 1 is 1.48 bits per heavy atom. The SMILES string of the molecule is CCCc1cc(=O)[nH]c(Sc2ncc(Br)cc2C(=O)O)n1. The van der Waals surface area contributed by atoms with Crippen LogP contribution < -0.4 is 5.56 Å². The zero-order chi connectivity index (χ0) is 15.4. The fourth-order valence-corrected chi connectivity index (χ4v) is 2.86. The van der Waals surface area contributed by atoms with Gasteiger partial charge in [0, 0.05) is 22.4 Å². The molecule has 2 aromatic rings.